The summed E-state index contributed by atoms with van der Waals surface area (Å²) in [5.74, 6) is 0.839. The average molecular weight is 488 g/mol. The second-order valence-corrected chi connectivity index (χ2v) is 13.2. The smallest absolute Gasteiger partial charge is 0.224 e. The Morgan fingerprint density at radius 1 is 0.865 bits per heavy atom. The molecule has 1 saturated carbocycles. The maximum absolute atomic E-state index is 2.61. The maximum atomic E-state index is 2.61. The number of benzene rings is 3. The zero-order valence-corrected chi connectivity index (χ0v) is 23.3. The molecule has 0 atom stereocenters. The van der Waals surface area contributed by atoms with Crippen molar-refractivity contribution in [3.63, 3.8) is 0 Å². The molecule has 1 aliphatic rings. The number of aromatic nitrogens is 2. The van der Waals surface area contributed by atoms with Crippen molar-refractivity contribution in [2.75, 3.05) is 0 Å². The van der Waals surface area contributed by atoms with Gasteiger partial charge in [-0.05, 0) is 89.9 Å². The fourth-order valence-corrected chi connectivity index (χ4v) is 7.40. The molecule has 0 radical (unpaired) electrons. The van der Waals surface area contributed by atoms with Crippen LogP contribution in [0.2, 0.25) is 0 Å². The van der Waals surface area contributed by atoms with Crippen LogP contribution < -0.4 is 4.57 Å². The molecule has 0 amide bonds. The molecular formula is C35H39N2+. The predicted molar refractivity (Wildman–Crippen MR) is 158 cm³/mol. The Bertz CT molecular complexity index is 1840. The number of pyridine rings is 2. The average Bonchev–Trinajstić information content (AvgIpc) is 3.46. The minimum Gasteiger partial charge on any atom is -0.307 e. The fourth-order valence-electron chi connectivity index (χ4n) is 7.40. The molecule has 3 aromatic carbocycles. The first kappa shape index (κ1) is 23.0. The van der Waals surface area contributed by atoms with Crippen molar-refractivity contribution in [1.29, 1.82) is 0 Å². The molecule has 3 heterocycles. The zero-order chi connectivity index (χ0) is 25.6. The molecule has 2 nitrogen and oxygen atoms in total. The van der Waals surface area contributed by atoms with Crippen molar-refractivity contribution in [3.05, 3.63) is 70.9 Å². The fraction of sp³-hybridized carbons (Fsp3) is 0.400. The molecule has 3 aromatic heterocycles. The van der Waals surface area contributed by atoms with Crippen LogP contribution in [0.3, 0.4) is 0 Å². The molecule has 37 heavy (non-hydrogen) atoms. The van der Waals surface area contributed by atoms with Crippen LogP contribution in [0.1, 0.15) is 68.7 Å². The third kappa shape index (κ3) is 3.48. The van der Waals surface area contributed by atoms with Gasteiger partial charge in [-0.3, -0.25) is 0 Å². The minimum atomic E-state index is 0.266. The van der Waals surface area contributed by atoms with E-state index in [1.54, 1.807) is 0 Å². The number of fused-ring (bicyclic) bond motifs is 5. The molecule has 0 spiro atoms. The summed E-state index contributed by atoms with van der Waals surface area (Å²) >= 11 is 0. The van der Waals surface area contributed by atoms with Gasteiger partial charge in [0.15, 0.2) is 6.20 Å². The highest BCUT2D eigenvalue weighted by Gasteiger charge is 2.26. The van der Waals surface area contributed by atoms with Gasteiger partial charge in [-0.1, -0.05) is 58.6 Å². The third-order valence-corrected chi connectivity index (χ3v) is 9.12. The third-order valence-electron chi connectivity index (χ3n) is 9.12. The van der Waals surface area contributed by atoms with Crippen LogP contribution >= 0.6 is 0 Å². The van der Waals surface area contributed by atoms with E-state index in [2.05, 4.69) is 99.3 Å². The summed E-state index contributed by atoms with van der Waals surface area (Å²) in [7, 11) is 2.22. The Balaban J connectivity index is 1.66. The molecule has 0 unspecified atom stereocenters. The van der Waals surface area contributed by atoms with Crippen molar-refractivity contribution in [1.82, 2.24) is 4.40 Å². The van der Waals surface area contributed by atoms with Crippen molar-refractivity contribution in [2.45, 2.75) is 73.1 Å². The van der Waals surface area contributed by atoms with E-state index < -0.39 is 0 Å². The van der Waals surface area contributed by atoms with Gasteiger partial charge in [-0.25, -0.2) is 4.57 Å². The first-order valence-electron chi connectivity index (χ1n) is 14.2. The molecular weight excluding hydrogens is 448 g/mol. The summed E-state index contributed by atoms with van der Waals surface area (Å²) < 4.78 is 4.97. The molecule has 0 bridgehead atoms. The highest BCUT2D eigenvalue weighted by Crippen LogP contribution is 2.43. The van der Waals surface area contributed by atoms with E-state index in [0.717, 1.165) is 12.3 Å². The zero-order valence-electron chi connectivity index (χ0n) is 23.3. The largest absolute Gasteiger partial charge is 0.307 e. The number of aryl methyl sites for hydroxylation is 3. The van der Waals surface area contributed by atoms with Gasteiger partial charge in [0.2, 0.25) is 5.52 Å². The topological polar surface area (TPSA) is 8.29 Å². The Labute approximate surface area is 220 Å². The highest BCUT2D eigenvalue weighted by atomic mass is 15.0. The number of hydrogen-bond donors (Lipinski definition) is 0. The monoisotopic (exact) mass is 487 g/mol. The van der Waals surface area contributed by atoms with Crippen LogP contribution in [0.5, 0.6) is 0 Å². The van der Waals surface area contributed by atoms with Gasteiger partial charge in [0.05, 0.1) is 27.3 Å². The van der Waals surface area contributed by atoms with E-state index in [1.165, 1.54) is 103 Å². The SMILES string of the molecule is Cc1cc2c3cc(CC(C)(C)C)ccc3n3c4cc(CC5CCCC5)cc5cc[n+](C)c(c(c1C)c23)c54. The molecule has 1 fully saturated rings. The van der Waals surface area contributed by atoms with Gasteiger partial charge in [-0.2, -0.15) is 0 Å². The minimum absolute atomic E-state index is 0.266. The molecule has 188 valence electrons. The standard InChI is InChI=1S/C35H39N2/c1-21-15-28-27-18-24(20-35(3,4)5)11-12-29(27)37-30-19-25(16-23-9-7-8-10-23)17-26-13-14-36(6)34(32(26)30)31(22(21)2)33(28)37/h11-15,17-19,23H,7-10,16,20H2,1-6H3/q+1. The van der Waals surface area contributed by atoms with E-state index >= 15 is 0 Å². The van der Waals surface area contributed by atoms with E-state index in [0.29, 0.717) is 0 Å². The lowest BCUT2D eigenvalue weighted by atomic mass is 9.87. The van der Waals surface area contributed by atoms with E-state index in [4.69, 9.17) is 0 Å². The van der Waals surface area contributed by atoms with Crippen molar-refractivity contribution in [2.24, 2.45) is 18.4 Å². The molecule has 7 rings (SSSR count). The summed E-state index contributed by atoms with van der Waals surface area (Å²) in [6, 6.07) is 17.0. The van der Waals surface area contributed by atoms with Gasteiger partial charge >= 0.3 is 0 Å². The number of hydrogen-bond acceptors (Lipinski definition) is 0. The Hall–Kier alpha value is -3.13. The van der Waals surface area contributed by atoms with E-state index in [-0.39, 0.29) is 5.41 Å². The van der Waals surface area contributed by atoms with Crippen molar-refractivity contribution < 1.29 is 4.57 Å². The van der Waals surface area contributed by atoms with Gasteiger partial charge in [-0.15, -0.1) is 0 Å². The molecule has 2 heteroatoms. The first-order valence-corrected chi connectivity index (χ1v) is 14.2. The van der Waals surface area contributed by atoms with E-state index in [1.807, 2.05) is 0 Å². The first-order chi connectivity index (χ1) is 17.7. The normalized spacial score (nSPS) is 15.5. The summed E-state index contributed by atoms with van der Waals surface area (Å²) in [5, 5.41) is 6.98. The van der Waals surface area contributed by atoms with Crippen LogP contribution in [0.4, 0.5) is 0 Å². The Morgan fingerprint density at radius 3 is 2.41 bits per heavy atom. The number of rotatable bonds is 3. The van der Waals surface area contributed by atoms with Gasteiger partial charge in [0, 0.05) is 16.8 Å². The van der Waals surface area contributed by atoms with Crippen LogP contribution in [0.15, 0.2) is 48.7 Å². The van der Waals surface area contributed by atoms with Crippen LogP contribution in [-0.2, 0) is 19.9 Å². The van der Waals surface area contributed by atoms with Gasteiger partial charge in [0.25, 0.3) is 0 Å². The van der Waals surface area contributed by atoms with Gasteiger partial charge in [0.1, 0.15) is 7.05 Å². The van der Waals surface area contributed by atoms with Gasteiger partial charge < -0.3 is 4.40 Å². The summed E-state index contributed by atoms with van der Waals surface area (Å²) in [6.07, 6.45) is 10.1. The van der Waals surface area contributed by atoms with Crippen molar-refractivity contribution in [3.8, 4) is 0 Å². The van der Waals surface area contributed by atoms with Crippen LogP contribution in [-0.4, -0.2) is 4.40 Å². The summed E-state index contributed by atoms with van der Waals surface area (Å²) in [5.41, 5.74) is 11.4. The molecule has 0 aliphatic heterocycles. The molecule has 0 saturated heterocycles. The lowest BCUT2D eigenvalue weighted by molar-refractivity contribution is -0.643. The lowest BCUT2D eigenvalue weighted by Crippen LogP contribution is -2.29. The summed E-state index contributed by atoms with van der Waals surface area (Å²) in [4.78, 5) is 0. The molecule has 0 N–H and O–H groups in total. The van der Waals surface area contributed by atoms with Crippen LogP contribution in [0, 0.1) is 25.2 Å². The maximum Gasteiger partial charge on any atom is 0.224 e. The van der Waals surface area contributed by atoms with Crippen LogP contribution in [0.25, 0.3) is 49.0 Å². The second kappa shape index (κ2) is 7.93. The quantitative estimate of drug-likeness (QED) is 0.134. The second-order valence-electron chi connectivity index (χ2n) is 13.2. The lowest BCUT2D eigenvalue weighted by Gasteiger charge is -2.18. The molecule has 6 aromatic rings. The summed E-state index contributed by atoms with van der Waals surface area (Å²) in [6.45, 7) is 11.6. The van der Waals surface area contributed by atoms with Crippen molar-refractivity contribution >= 4 is 49.0 Å². The Morgan fingerprint density at radius 2 is 1.65 bits per heavy atom. The van der Waals surface area contributed by atoms with E-state index in [9.17, 15) is 0 Å². The Kier molecular flexibility index (Phi) is 4.94. The molecule has 1 aliphatic carbocycles. The highest BCUT2D eigenvalue weighted by molar-refractivity contribution is 6.26. The number of nitrogens with zero attached hydrogens (tertiary/aromatic N) is 2. The predicted octanol–water partition coefficient (Wildman–Crippen LogP) is 8.75.